The van der Waals surface area contributed by atoms with Gasteiger partial charge in [-0.1, -0.05) is 13.8 Å². The van der Waals surface area contributed by atoms with E-state index in [1.807, 2.05) is 0 Å². The van der Waals surface area contributed by atoms with Crippen molar-refractivity contribution in [3.8, 4) is 6.07 Å². The van der Waals surface area contributed by atoms with E-state index >= 15 is 0 Å². The fourth-order valence-electron chi connectivity index (χ4n) is 1.49. The second-order valence-corrected chi connectivity index (χ2v) is 5.10. The van der Waals surface area contributed by atoms with Gasteiger partial charge in [0.2, 0.25) is 11.8 Å². The predicted molar refractivity (Wildman–Crippen MR) is 57.6 cm³/mol. The van der Waals surface area contributed by atoms with Crippen LogP contribution in [0.5, 0.6) is 0 Å². The molecule has 0 spiro atoms. The maximum Gasteiger partial charge on any atom is 0.227 e. The lowest BCUT2D eigenvalue weighted by molar-refractivity contribution is -0.139. The molecule has 16 heavy (non-hydrogen) atoms. The minimum Gasteiger partial charge on any atom is -0.369 e. The van der Waals surface area contributed by atoms with Gasteiger partial charge in [0, 0.05) is 13.1 Å². The van der Waals surface area contributed by atoms with Crippen LogP contribution in [-0.4, -0.2) is 29.8 Å². The fraction of sp³-hybridized carbons (Fsp3) is 0.636. The Hall–Kier alpha value is -1.57. The van der Waals surface area contributed by atoms with Crippen LogP contribution in [0.3, 0.4) is 0 Å². The van der Waals surface area contributed by atoms with Crippen molar-refractivity contribution >= 4 is 11.8 Å². The van der Waals surface area contributed by atoms with Crippen LogP contribution in [0.4, 0.5) is 0 Å². The number of nitriles is 1. The van der Waals surface area contributed by atoms with Gasteiger partial charge < -0.3 is 10.6 Å². The molecule has 0 unspecified atom stereocenters. The molecule has 0 aromatic rings. The average Bonchev–Trinajstić information content (AvgIpc) is 2.11. The first-order chi connectivity index (χ1) is 7.20. The Balaban J connectivity index is 2.52. The van der Waals surface area contributed by atoms with Crippen LogP contribution in [-0.2, 0) is 9.59 Å². The summed E-state index contributed by atoms with van der Waals surface area (Å²) in [5, 5.41) is 8.79. The third-order valence-corrected chi connectivity index (χ3v) is 2.78. The van der Waals surface area contributed by atoms with Gasteiger partial charge in [0.15, 0.2) is 0 Å². The normalized spacial score (nSPS) is 18.5. The molecule has 1 aliphatic rings. The molecule has 1 fully saturated rings. The highest BCUT2D eigenvalue weighted by Gasteiger charge is 2.43. The molecular weight excluding hydrogens is 206 g/mol. The molecule has 1 rings (SSSR count). The number of hydrogen-bond donors (Lipinski definition) is 1. The SMILES string of the molecule is CC1(C#N)CN(C(=O)[CH]C(C)(C)C(N)=O)C1. The van der Waals surface area contributed by atoms with Gasteiger partial charge in [-0.05, 0) is 6.92 Å². The monoisotopic (exact) mass is 222 g/mol. The van der Waals surface area contributed by atoms with Gasteiger partial charge in [-0.3, -0.25) is 9.59 Å². The summed E-state index contributed by atoms with van der Waals surface area (Å²) in [7, 11) is 0. The first kappa shape index (κ1) is 12.5. The molecule has 87 valence electrons. The van der Waals surface area contributed by atoms with Crippen LogP contribution < -0.4 is 5.73 Å². The molecule has 1 radical (unpaired) electrons. The highest BCUT2D eigenvalue weighted by atomic mass is 16.2. The standard InChI is InChI=1S/C11H16N3O2/c1-10(2,9(13)16)4-8(15)14-6-11(3,5-12)7-14/h4H,6-7H2,1-3H3,(H2,13,16). The molecular formula is C11H16N3O2. The number of carbonyl (C=O) groups excluding carboxylic acids is 2. The summed E-state index contributed by atoms with van der Waals surface area (Å²) >= 11 is 0. The Kier molecular flexibility index (Phi) is 2.95. The van der Waals surface area contributed by atoms with Gasteiger partial charge in [0.1, 0.15) is 0 Å². The molecule has 1 saturated heterocycles. The molecule has 0 aromatic carbocycles. The van der Waals surface area contributed by atoms with E-state index in [0.717, 1.165) is 0 Å². The number of carbonyl (C=O) groups is 2. The minimum absolute atomic E-state index is 0.239. The summed E-state index contributed by atoms with van der Waals surface area (Å²) in [4.78, 5) is 24.3. The lowest BCUT2D eigenvalue weighted by Gasteiger charge is -2.44. The largest absolute Gasteiger partial charge is 0.369 e. The number of likely N-dealkylation sites (tertiary alicyclic amines) is 1. The first-order valence-electron chi connectivity index (χ1n) is 5.06. The molecule has 0 aromatic heterocycles. The summed E-state index contributed by atoms with van der Waals surface area (Å²) < 4.78 is 0. The van der Waals surface area contributed by atoms with E-state index in [1.165, 1.54) is 11.3 Å². The van der Waals surface area contributed by atoms with Crippen LogP contribution in [0.2, 0.25) is 0 Å². The van der Waals surface area contributed by atoms with Crippen molar-refractivity contribution in [1.29, 1.82) is 5.26 Å². The number of amides is 2. The zero-order chi connectivity index (χ0) is 12.6. The smallest absolute Gasteiger partial charge is 0.227 e. The molecule has 1 aliphatic heterocycles. The predicted octanol–water partition coefficient (Wildman–Crippen LogP) is 0.0743. The number of hydrogen-bond acceptors (Lipinski definition) is 3. The molecule has 0 aliphatic carbocycles. The molecule has 2 amide bonds. The lowest BCUT2D eigenvalue weighted by Crippen LogP contribution is -2.57. The summed E-state index contributed by atoms with van der Waals surface area (Å²) in [6, 6.07) is 2.15. The van der Waals surface area contributed by atoms with Crippen molar-refractivity contribution in [3.05, 3.63) is 6.42 Å². The van der Waals surface area contributed by atoms with E-state index in [1.54, 1.807) is 20.8 Å². The summed E-state index contributed by atoms with van der Waals surface area (Å²) in [6.45, 7) is 5.81. The molecule has 5 nitrogen and oxygen atoms in total. The van der Waals surface area contributed by atoms with Crippen molar-refractivity contribution < 1.29 is 9.59 Å². The van der Waals surface area contributed by atoms with E-state index in [4.69, 9.17) is 11.0 Å². The van der Waals surface area contributed by atoms with Crippen LogP contribution in [0, 0.1) is 28.6 Å². The van der Waals surface area contributed by atoms with Gasteiger partial charge in [-0.15, -0.1) is 0 Å². The van der Waals surface area contributed by atoms with E-state index in [9.17, 15) is 9.59 Å². The van der Waals surface area contributed by atoms with Crippen molar-refractivity contribution in [2.75, 3.05) is 13.1 Å². The second-order valence-electron chi connectivity index (χ2n) is 5.10. The van der Waals surface area contributed by atoms with Crippen molar-refractivity contribution in [2.24, 2.45) is 16.6 Å². The van der Waals surface area contributed by atoms with Gasteiger partial charge in [0.05, 0.1) is 23.3 Å². The van der Waals surface area contributed by atoms with Crippen molar-refractivity contribution in [3.63, 3.8) is 0 Å². The Morgan fingerprint density at radius 2 is 2.00 bits per heavy atom. The topological polar surface area (TPSA) is 87.2 Å². The molecule has 1 heterocycles. The highest BCUT2D eigenvalue weighted by Crippen LogP contribution is 2.31. The molecule has 0 bridgehead atoms. The Bertz CT molecular complexity index is 362. The summed E-state index contributed by atoms with van der Waals surface area (Å²) in [6.07, 6.45) is 1.31. The zero-order valence-corrected chi connectivity index (χ0v) is 9.78. The lowest BCUT2D eigenvalue weighted by atomic mass is 9.81. The first-order valence-corrected chi connectivity index (χ1v) is 5.06. The fourth-order valence-corrected chi connectivity index (χ4v) is 1.49. The highest BCUT2D eigenvalue weighted by molar-refractivity contribution is 5.94. The molecule has 0 atom stereocenters. The van der Waals surface area contributed by atoms with E-state index < -0.39 is 16.7 Å². The van der Waals surface area contributed by atoms with Crippen LogP contribution in [0.1, 0.15) is 20.8 Å². The molecule has 2 N–H and O–H groups in total. The number of rotatable bonds is 3. The molecule has 0 saturated carbocycles. The van der Waals surface area contributed by atoms with Gasteiger partial charge in [-0.2, -0.15) is 5.26 Å². The van der Waals surface area contributed by atoms with Crippen LogP contribution >= 0.6 is 0 Å². The maximum absolute atomic E-state index is 11.7. The summed E-state index contributed by atoms with van der Waals surface area (Å²) in [5.74, 6) is -0.777. The average molecular weight is 222 g/mol. The van der Waals surface area contributed by atoms with Crippen LogP contribution in [0.15, 0.2) is 0 Å². The van der Waals surface area contributed by atoms with Gasteiger partial charge in [-0.25, -0.2) is 0 Å². The quantitative estimate of drug-likeness (QED) is 0.733. The minimum atomic E-state index is -0.949. The number of nitrogens with zero attached hydrogens (tertiary/aromatic N) is 2. The Morgan fingerprint density at radius 3 is 2.38 bits per heavy atom. The van der Waals surface area contributed by atoms with Crippen LogP contribution in [0.25, 0.3) is 0 Å². The summed E-state index contributed by atoms with van der Waals surface area (Å²) in [5.41, 5.74) is 3.77. The maximum atomic E-state index is 11.7. The van der Waals surface area contributed by atoms with E-state index in [-0.39, 0.29) is 5.91 Å². The van der Waals surface area contributed by atoms with Gasteiger partial charge >= 0.3 is 0 Å². The second kappa shape index (κ2) is 3.78. The number of nitrogens with two attached hydrogens (primary N) is 1. The van der Waals surface area contributed by atoms with E-state index in [2.05, 4.69) is 6.07 Å². The van der Waals surface area contributed by atoms with Crippen molar-refractivity contribution in [2.45, 2.75) is 20.8 Å². The Morgan fingerprint density at radius 1 is 1.50 bits per heavy atom. The number of primary amides is 1. The van der Waals surface area contributed by atoms with Gasteiger partial charge in [0.25, 0.3) is 0 Å². The third-order valence-electron chi connectivity index (χ3n) is 2.78. The van der Waals surface area contributed by atoms with E-state index in [0.29, 0.717) is 13.1 Å². The Labute approximate surface area is 95.2 Å². The zero-order valence-electron chi connectivity index (χ0n) is 9.78. The molecule has 5 heteroatoms. The third kappa shape index (κ3) is 2.32. The van der Waals surface area contributed by atoms with Crippen molar-refractivity contribution in [1.82, 2.24) is 4.90 Å².